The molecular formula is C29H30ClN7O9. The number of anilines is 2. The predicted octanol–water partition coefficient (Wildman–Crippen LogP) is 2.48. The third-order valence-electron chi connectivity index (χ3n) is 6.49. The Morgan fingerprint density at radius 3 is 1.76 bits per heavy atom. The summed E-state index contributed by atoms with van der Waals surface area (Å²) in [5.41, 5.74) is 1.84. The van der Waals surface area contributed by atoms with Crippen LogP contribution in [0.2, 0.25) is 0 Å². The SMILES string of the molecule is O=C(CCC[C@H](C[C@H](NCl)C(=O)O)C(=O)O)NCC(=O)Nc1ccc(N=Nc2ccc(NC(=O)CN3C(=O)C=CC3=O)cc2)cc1. The molecule has 2 aromatic carbocycles. The molecule has 17 heteroatoms. The van der Waals surface area contributed by atoms with Gasteiger partial charge in [-0.05, 0) is 79.6 Å². The Kier molecular flexibility index (Phi) is 13.0. The van der Waals surface area contributed by atoms with Gasteiger partial charge >= 0.3 is 11.9 Å². The number of carboxylic acids is 2. The van der Waals surface area contributed by atoms with E-state index < -0.39 is 60.0 Å². The van der Waals surface area contributed by atoms with Crippen LogP contribution in [0.1, 0.15) is 25.7 Å². The molecule has 0 aliphatic carbocycles. The molecule has 0 radical (unpaired) electrons. The maximum absolute atomic E-state index is 12.2. The Balaban J connectivity index is 1.38. The van der Waals surface area contributed by atoms with Crippen LogP contribution in [-0.4, -0.2) is 75.7 Å². The number of azo groups is 1. The van der Waals surface area contributed by atoms with Crippen LogP contribution in [-0.2, 0) is 33.6 Å². The lowest BCUT2D eigenvalue weighted by Gasteiger charge is -2.16. The second-order valence-electron chi connectivity index (χ2n) is 9.93. The van der Waals surface area contributed by atoms with Gasteiger partial charge in [0.15, 0.2) is 0 Å². The maximum Gasteiger partial charge on any atom is 0.321 e. The molecule has 2 atom stereocenters. The number of benzene rings is 2. The zero-order chi connectivity index (χ0) is 33.6. The fourth-order valence-corrected chi connectivity index (χ4v) is 4.25. The van der Waals surface area contributed by atoms with Gasteiger partial charge in [0.25, 0.3) is 11.8 Å². The van der Waals surface area contributed by atoms with E-state index >= 15 is 0 Å². The third-order valence-corrected chi connectivity index (χ3v) is 6.75. The lowest BCUT2D eigenvalue weighted by Crippen LogP contribution is -2.37. The number of nitrogens with one attached hydrogen (secondary N) is 4. The minimum absolute atomic E-state index is 0.0514. The second kappa shape index (κ2) is 17.1. The normalized spacial score (nSPS) is 13.8. The van der Waals surface area contributed by atoms with Crippen LogP contribution in [0.25, 0.3) is 0 Å². The number of carbonyl (C=O) groups is 7. The number of rotatable bonds is 17. The van der Waals surface area contributed by atoms with E-state index in [0.29, 0.717) is 22.7 Å². The average Bonchev–Trinajstić information content (AvgIpc) is 3.33. The first kappa shape index (κ1) is 35.0. The molecule has 0 aromatic heterocycles. The Morgan fingerprint density at radius 1 is 0.761 bits per heavy atom. The van der Waals surface area contributed by atoms with Gasteiger partial charge in [-0.25, -0.2) is 4.84 Å². The summed E-state index contributed by atoms with van der Waals surface area (Å²) in [5.74, 6) is -6.10. The number of carbonyl (C=O) groups excluding carboxylic acids is 5. The molecule has 0 unspecified atom stereocenters. The quantitative estimate of drug-likeness (QED) is 0.0827. The highest BCUT2D eigenvalue weighted by atomic mass is 35.5. The highest BCUT2D eigenvalue weighted by Gasteiger charge is 2.27. The Morgan fingerprint density at radius 2 is 1.28 bits per heavy atom. The van der Waals surface area contributed by atoms with Crippen LogP contribution < -0.4 is 20.8 Å². The van der Waals surface area contributed by atoms with E-state index in [4.69, 9.17) is 16.9 Å². The highest BCUT2D eigenvalue weighted by molar-refractivity contribution is 6.15. The van der Waals surface area contributed by atoms with E-state index in [0.717, 1.165) is 17.1 Å². The maximum atomic E-state index is 12.2. The number of hydrogen-bond donors (Lipinski definition) is 6. The Hall–Kier alpha value is -5.48. The molecule has 5 amide bonds. The van der Waals surface area contributed by atoms with Crippen LogP contribution in [0.4, 0.5) is 22.7 Å². The Labute approximate surface area is 267 Å². The van der Waals surface area contributed by atoms with E-state index in [1.54, 1.807) is 48.5 Å². The van der Waals surface area contributed by atoms with Crippen molar-refractivity contribution < 1.29 is 43.8 Å². The molecule has 16 nitrogen and oxygen atoms in total. The van der Waals surface area contributed by atoms with Crippen molar-refractivity contribution in [3.8, 4) is 0 Å². The summed E-state index contributed by atoms with van der Waals surface area (Å²) in [6.45, 7) is -0.719. The monoisotopic (exact) mass is 655 g/mol. The average molecular weight is 656 g/mol. The summed E-state index contributed by atoms with van der Waals surface area (Å²) in [7, 11) is 0. The molecule has 2 aromatic rings. The van der Waals surface area contributed by atoms with Crippen molar-refractivity contribution in [2.75, 3.05) is 23.7 Å². The van der Waals surface area contributed by atoms with Crippen LogP contribution >= 0.6 is 11.8 Å². The Bertz CT molecular complexity index is 1510. The first-order valence-corrected chi connectivity index (χ1v) is 14.2. The molecule has 242 valence electrons. The smallest absolute Gasteiger partial charge is 0.321 e. The molecule has 0 saturated carbocycles. The first-order chi connectivity index (χ1) is 21.9. The van der Waals surface area contributed by atoms with E-state index in [1.165, 1.54) is 0 Å². The molecule has 1 aliphatic rings. The summed E-state index contributed by atoms with van der Waals surface area (Å²) in [4.78, 5) is 84.9. The zero-order valence-corrected chi connectivity index (χ0v) is 24.9. The predicted molar refractivity (Wildman–Crippen MR) is 163 cm³/mol. The van der Waals surface area contributed by atoms with E-state index in [1.807, 2.05) is 4.84 Å². The topological polar surface area (TPSA) is 236 Å². The molecular weight excluding hydrogens is 626 g/mol. The highest BCUT2D eigenvalue weighted by Crippen LogP contribution is 2.22. The minimum atomic E-state index is -1.29. The lowest BCUT2D eigenvalue weighted by atomic mass is 9.94. The lowest BCUT2D eigenvalue weighted by molar-refractivity contribution is -0.144. The molecule has 0 spiro atoms. The van der Waals surface area contributed by atoms with Crippen molar-refractivity contribution in [3.63, 3.8) is 0 Å². The van der Waals surface area contributed by atoms with Crippen molar-refractivity contribution in [2.45, 2.75) is 31.7 Å². The number of hydrogen-bond acceptors (Lipinski definition) is 10. The van der Waals surface area contributed by atoms with Gasteiger partial charge in [0, 0.05) is 29.9 Å². The zero-order valence-electron chi connectivity index (χ0n) is 24.1. The van der Waals surface area contributed by atoms with Gasteiger partial charge in [0.05, 0.1) is 23.8 Å². The van der Waals surface area contributed by atoms with Gasteiger partial charge < -0.3 is 26.2 Å². The number of aliphatic carboxylic acids is 2. The number of amides is 5. The molecule has 1 aliphatic heterocycles. The molecule has 3 rings (SSSR count). The van der Waals surface area contributed by atoms with Gasteiger partial charge in [-0.3, -0.25) is 38.5 Å². The van der Waals surface area contributed by atoms with Crippen molar-refractivity contribution in [1.82, 2.24) is 15.1 Å². The first-order valence-electron chi connectivity index (χ1n) is 13.8. The van der Waals surface area contributed by atoms with Gasteiger partial charge in [-0.1, -0.05) is 0 Å². The van der Waals surface area contributed by atoms with Gasteiger partial charge in [0.1, 0.15) is 12.6 Å². The van der Waals surface area contributed by atoms with E-state index in [9.17, 15) is 38.7 Å². The molecule has 46 heavy (non-hydrogen) atoms. The third kappa shape index (κ3) is 11.2. The van der Waals surface area contributed by atoms with E-state index in [-0.39, 0.29) is 32.2 Å². The van der Waals surface area contributed by atoms with Crippen LogP contribution in [0, 0.1) is 5.92 Å². The van der Waals surface area contributed by atoms with Gasteiger partial charge in [0.2, 0.25) is 17.7 Å². The van der Waals surface area contributed by atoms with Crippen LogP contribution in [0.5, 0.6) is 0 Å². The van der Waals surface area contributed by atoms with Crippen molar-refractivity contribution in [1.29, 1.82) is 0 Å². The number of nitrogens with zero attached hydrogens (tertiary/aromatic N) is 3. The molecule has 0 saturated heterocycles. The largest absolute Gasteiger partial charge is 0.481 e. The summed E-state index contributed by atoms with van der Waals surface area (Å²) in [6.07, 6.45) is 2.11. The number of carboxylic acid groups (broad SMARTS) is 2. The van der Waals surface area contributed by atoms with Crippen LogP contribution in [0.3, 0.4) is 0 Å². The van der Waals surface area contributed by atoms with Gasteiger partial charge in [-0.2, -0.15) is 10.2 Å². The summed E-state index contributed by atoms with van der Waals surface area (Å²) in [6, 6.07) is 11.5. The van der Waals surface area contributed by atoms with Crippen molar-refractivity contribution in [3.05, 3.63) is 60.7 Å². The van der Waals surface area contributed by atoms with E-state index in [2.05, 4.69) is 26.2 Å². The van der Waals surface area contributed by atoms with Crippen molar-refractivity contribution >= 4 is 76.0 Å². The fraction of sp³-hybridized carbons (Fsp3) is 0.276. The van der Waals surface area contributed by atoms with Gasteiger partial charge in [-0.15, -0.1) is 0 Å². The molecule has 0 bridgehead atoms. The standard InChI is InChI=1S/C29H30ClN7O9/c30-34-22(29(45)46)14-17(28(43)44)2-1-3-23(38)31-15-24(39)32-18-4-8-20(9-5-18)35-36-21-10-6-19(7-11-21)33-25(40)16-37-26(41)12-13-27(37)42/h4-13,17,22,34H,1-3,14-16H2,(H,31,38)(H,32,39)(H,33,40)(H,43,44)(H,45,46)/t17-,22+/m1/s1. The fourth-order valence-electron chi connectivity index (χ4n) is 4.07. The molecule has 6 N–H and O–H groups in total. The summed E-state index contributed by atoms with van der Waals surface area (Å²) in [5, 5.41) is 34.2. The molecule has 1 heterocycles. The second-order valence-corrected chi connectivity index (χ2v) is 10.1. The summed E-state index contributed by atoms with van der Waals surface area (Å²) < 4.78 is 0. The number of halogens is 1. The van der Waals surface area contributed by atoms with Crippen molar-refractivity contribution in [2.24, 2.45) is 16.1 Å². The minimum Gasteiger partial charge on any atom is -0.481 e. The van der Waals surface area contributed by atoms with Crippen LogP contribution in [0.15, 0.2) is 70.9 Å². The summed E-state index contributed by atoms with van der Waals surface area (Å²) >= 11 is 5.35. The molecule has 0 fully saturated rings. The number of imide groups is 1.